The first-order chi connectivity index (χ1) is 11.6. The van der Waals surface area contributed by atoms with Crippen molar-refractivity contribution in [3.05, 3.63) is 47.4 Å². The van der Waals surface area contributed by atoms with Crippen molar-refractivity contribution >= 4 is 17.5 Å². The highest BCUT2D eigenvalue weighted by Gasteiger charge is 2.31. The fourth-order valence-electron chi connectivity index (χ4n) is 2.04. The predicted molar refractivity (Wildman–Crippen MR) is 81.8 cm³/mol. The maximum Gasteiger partial charge on any atom is 0.573 e. The normalized spacial score (nSPS) is 11.1. The molecular formula is C16H15F3N2O4. The average Bonchev–Trinajstić information content (AvgIpc) is 2.83. The number of carbonyl (C=O) groups is 2. The highest BCUT2D eigenvalue weighted by atomic mass is 19.4. The summed E-state index contributed by atoms with van der Waals surface area (Å²) in [6.45, 7) is 3.62. The van der Waals surface area contributed by atoms with Gasteiger partial charge in [0.25, 0.3) is 0 Å². The fraction of sp³-hybridized carbons (Fsp3) is 0.250. The number of amides is 2. The Morgan fingerprint density at radius 1 is 1.12 bits per heavy atom. The monoisotopic (exact) mass is 356 g/mol. The fourth-order valence-corrected chi connectivity index (χ4v) is 2.04. The van der Waals surface area contributed by atoms with Crippen molar-refractivity contribution < 1.29 is 31.9 Å². The van der Waals surface area contributed by atoms with Gasteiger partial charge in [0.1, 0.15) is 17.3 Å². The number of anilines is 1. The summed E-state index contributed by atoms with van der Waals surface area (Å²) < 4.78 is 45.2. The smallest absolute Gasteiger partial charge is 0.466 e. The van der Waals surface area contributed by atoms with Gasteiger partial charge in [0.05, 0.1) is 0 Å². The molecule has 0 spiro atoms. The molecular weight excluding hydrogens is 341 g/mol. The van der Waals surface area contributed by atoms with E-state index in [1.54, 1.807) is 19.9 Å². The molecule has 6 nitrogen and oxygen atoms in total. The summed E-state index contributed by atoms with van der Waals surface area (Å²) in [6.07, 6.45) is -4.80. The molecule has 9 heteroatoms. The summed E-state index contributed by atoms with van der Waals surface area (Å²) in [7, 11) is 0. The van der Waals surface area contributed by atoms with Crippen molar-refractivity contribution in [1.29, 1.82) is 0 Å². The minimum atomic E-state index is -4.80. The van der Waals surface area contributed by atoms with E-state index in [1.165, 1.54) is 12.1 Å². The van der Waals surface area contributed by atoms with Gasteiger partial charge in [-0.25, -0.2) is 0 Å². The number of carbonyl (C=O) groups excluding carboxylic acids is 2. The van der Waals surface area contributed by atoms with Crippen molar-refractivity contribution in [2.75, 3.05) is 5.32 Å². The molecule has 2 N–H and O–H groups in total. The number of benzene rings is 1. The molecule has 2 aromatic rings. The quantitative estimate of drug-likeness (QED) is 0.825. The van der Waals surface area contributed by atoms with Crippen molar-refractivity contribution in [3.63, 3.8) is 0 Å². The Bertz CT molecular complexity index is 767. The van der Waals surface area contributed by atoms with Gasteiger partial charge < -0.3 is 19.8 Å². The molecule has 0 fully saturated rings. The zero-order valence-corrected chi connectivity index (χ0v) is 13.4. The van der Waals surface area contributed by atoms with Crippen LogP contribution in [0.25, 0.3) is 0 Å². The van der Waals surface area contributed by atoms with E-state index in [0.29, 0.717) is 11.5 Å². The van der Waals surface area contributed by atoms with Crippen LogP contribution in [0.15, 0.2) is 34.7 Å². The number of hydrogen-bond donors (Lipinski definition) is 2. The number of alkyl halides is 3. The van der Waals surface area contributed by atoms with E-state index in [0.717, 1.165) is 17.7 Å². The zero-order chi connectivity index (χ0) is 18.6. The molecule has 0 aliphatic carbocycles. The van der Waals surface area contributed by atoms with Crippen LogP contribution in [-0.4, -0.2) is 18.2 Å². The van der Waals surface area contributed by atoms with Crippen LogP contribution in [0.4, 0.5) is 18.9 Å². The molecule has 134 valence electrons. The molecule has 0 unspecified atom stereocenters. The molecule has 1 aromatic carbocycles. The van der Waals surface area contributed by atoms with E-state index in [1.807, 2.05) is 0 Å². The maximum atomic E-state index is 12.1. The van der Waals surface area contributed by atoms with Crippen LogP contribution in [0.5, 0.6) is 5.75 Å². The van der Waals surface area contributed by atoms with Crippen molar-refractivity contribution in [1.82, 2.24) is 5.32 Å². The summed E-state index contributed by atoms with van der Waals surface area (Å²) in [4.78, 5) is 23.5. The molecule has 2 rings (SSSR count). The molecule has 0 radical (unpaired) electrons. The van der Waals surface area contributed by atoms with Gasteiger partial charge >= 0.3 is 18.2 Å². The highest BCUT2D eigenvalue weighted by molar-refractivity contribution is 6.39. The lowest BCUT2D eigenvalue weighted by molar-refractivity contribution is -0.274. The molecule has 0 saturated carbocycles. The summed E-state index contributed by atoms with van der Waals surface area (Å²) in [5.41, 5.74) is 0.900. The molecule has 25 heavy (non-hydrogen) atoms. The number of hydrogen-bond acceptors (Lipinski definition) is 4. The second kappa shape index (κ2) is 7.29. The molecule has 0 aliphatic rings. The minimum absolute atomic E-state index is 0.119. The van der Waals surface area contributed by atoms with Gasteiger partial charge in [0.15, 0.2) is 0 Å². The van der Waals surface area contributed by atoms with Crippen LogP contribution in [-0.2, 0) is 16.1 Å². The predicted octanol–water partition coefficient (Wildman–Crippen LogP) is 3.05. The van der Waals surface area contributed by atoms with Crippen LogP contribution in [0.3, 0.4) is 0 Å². The van der Waals surface area contributed by atoms with Gasteiger partial charge in [0, 0.05) is 17.8 Å². The Morgan fingerprint density at radius 2 is 1.76 bits per heavy atom. The molecule has 0 aliphatic heterocycles. The maximum absolute atomic E-state index is 12.1. The van der Waals surface area contributed by atoms with Crippen molar-refractivity contribution in [2.45, 2.75) is 26.8 Å². The summed E-state index contributed by atoms with van der Waals surface area (Å²) >= 11 is 0. The number of ether oxygens (including phenoxy) is 1. The van der Waals surface area contributed by atoms with E-state index in [2.05, 4.69) is 15.4 Å². The van der Waals surface area contributed by atoms with Crippen LogP contribution >= 0.6 is 0 Å². The van der Waals surface area contributed by atoms with Gasteiger partial charge in [0.2, 0.25) is 0 Å². The van der Waals surface area contributed by atoms with E-state index in [-0.39, 0.29) is 12.2 Å². The minimum Gasteiger partial charge on any atom is -0.466 e. The van der Waals surface area contributed by atoms with Crippen LogP contribution < -0.4 is 15.4 Å². The number of nitrogens with one attached hydrogen (secondary N) is 2. The Morgan fingerprint density at radius 3 is 2.28 bits per heavy atom. The first-order valence-corrected chi connectivity index (χ1v) is 7.15. The second-order valence-electron chi connectivity index (χ2n) is 5.15. The van der Waals surface area contributed by atoms with Crippen LogP contribution in [0.1, 0.15) is 17.1 Å². The molecule has 0 atom stereocenters. The molecule has 2 amide bonds. The Hall–Kier alpha value is -2.97. The van der Waals surface area contributed by atoms with Crippen molar-refractivity contribution in [2.24, 2.45) is 0 Å². The van der Waals surface area contributed by atoms with Gasteiger partial charge in [-0.1, -0.05) is 0 Å². The number of halogens is 3. The standard InChI is InChI=1S/C16H15F3N2O4/c1-9-7-11(10(2)24-9)8-20-14(22)15(23)21-12-3-5-13(6-4-12)25-16(17,18)19/h3-7H,8H2,1-2H3,(H,20,22)(H,21,23). The van der Waals surface area contributed by atoms with Gasteiger partial charge in [-0.05, 0) is 44.2 Å². The summed E-state index contributed by atoms with van der Waals surface area (Å²) in [5, 5.41) is 4.71. The van der Waals surface area contributed by atoms with Gasteiger partial charge in [-0.15, -0.1) is 13.2 Å². The lowest BCUT2D eigenvalue weighted by Gasteiger charge is -2.10. The lowest BCUT2D eigenvalue weighted by atomic mass is 10.2. The molecule has 0 bridgehead atoms. The number of furan rings is 1. The van der Waals surface area contributed by atoms with Gasteiger partial charge in [-0.2, -0.15) is 0 Å². The summed E-state index contributed by atoms with van der Waals surface area (Å²) in [5.74, 6) is -0.928. The highest BCUT2D eigenvalue weighted by Crippen LogP contribution is 2.23. The number of rotatable bonds is 4. The van der Waals surface area contributed by atoms with Gasteiger partial charge in [-0.3, -0.25) is 9.59 Å². The van der Waals surface area contributed by atoms with E-state index < -0.39 is 23.9 Å². The zero-order valence-electron chi connectivity index (χ0n) is 13.4. The van der Waals surface area contributed by atoms with Crippen LogP contribution in [0, 0.1) is 13.8 Å². The summed E-state index contributed by atoms with van der Waals surface area (Å²) in [6, 6.07) is 6.18. The third-order valence-electron chi connectivity index (χ3n) is 3.14. The second-order valence-corrected chi connectivity index (χ2v) is 5.15. The Balaban J connectivity index is 1.88. The first kappa shape index (κ1) is 18.4. The van der Waals surface area contributed by atoms with Crippen molar-refractivity contribution in [3.8, 4) is 5.75 Å². The first-order valence-electron chi connectivity index (χ1n) is 7.15. The average molecular weight is 356 g/mol. The Labute approximate surface area is 141 Å². The molecule has 1 heterocycles. The lowest BCUT2D eigenvalue weighted by Crippen LogP contribution is -2.35. The van der Waals surface area contributed by atoms with E-state index >= 15 is 0 Å². The third-order valence-corrected chi connectivity index (χ3v) is 3.14. The molecule has 1 aromatic heterocycles. The largest absolute Gasteiger partial charge is 0.573 e. The number of aryl methyl sites for hydroxylation is 2. The van der Waals surface area contributed by atoms with E-state index in [9.17, 15) is 22.8 Å². The van der Waals surface area contributed by atoms with Crippen LogP contribution in [0.2, 0.25) is 0 Å². The topological polar surface area (TPSA) is 80.6 Å². The van der Waals surface area contributed by atoms with E-state index in [4.69, 9.17) is 4.42 Å². The molecule has 0 saturated heterocycles. The third kappa shape index (κ3) is 5.55. The Kier molecular flexibility index (Phi) is 5.35. The SMILES string of the molecule is Cc1cc(CNC(=O)C(=O)Nc2ccc(OC(F)(F)F)cc2)c(C)o1.